The lowest BCUT2D eigenvalue weighted by molar-refractivity contribution is 0.219. The quantitative estimate of drug-likeness (QED) is 0.724. The summed E-state index contributed by atoms with van der Waals surface area (Å²) in [6.45, 7) is 3.93. The number of fused-ring (bicyclic) bond motifs is 1. The van der Waals surface area contributed by atoms with Gasteiger partial charge in [0.05, 0.1) is 5.69 Å². The maximum Gasteiger partial charge on any atom is 0.146 e. The van der Waals surface area contributed by atoms with Crippen molar-refractivity contribution in [3.63, 3.8) is 0 Å². The van der Waals surface area contributed by atoms with Gasteiger partial charge in [0, 0.05) is 31.9 Å². The number of rotatable bonds is 8. The van der Waals surface area contributed by atoms with Crippen LogP contribution in [0.25, 0.3) is 0 Å². The van der Waals surface area contributed by atoms with Crippen molar-refractivity contribution in [2.24, 2.45) is 5.73 Å². The van der Waals surface area contributed by atoms with Gasteiger partial charge in [-0.25, -0.2) is 4.39 Å². The minimum Gasteiger partial charge on any atom is -0.330 e. The average Bonchev–Trinajstić information content (AvgIpc) is 2.63. The number of unbranched alkanes of at least 4 members (excludes halogenated alkanes) is 1. The van der Waals surface area contributed by atoms with E-state index in [9.17, 15) is 4.39 Å². The van der Waals surface area contributed by atoms with Crippen LogP contribution in [-0.4, -0.2) is 35.6 Å². The van der Waals surface area contributed by atoms with Crippen molar-refractivity contribution in [3.05, 3.63) is 65.2 Å². The molecule has 1 aromatic heterocycles. The van der Waals surface area contributed by atoms with E-state index in [-0.39, 0.29) is 5.82 Å². The van der Waals surface area contributed by atoms with Gasteiger partial charge in [-0.05, 0) is 55.6 Å². The third kappa shape index (κ3) is 5.08. The molecule has 2 heterocycles. The van der Waals surface area contributed by atoms with Crippen LogP contribution in [0.4, 0.5) is 4.39 Å². The van der Waals surface area contributed by atoms with Crippen molar-refractivity contribution in [2.75, 3.05) is 19.6 Å². The Bertz CT molecular complexity index is 676. The molecule has 5 heteroatoms. The van der Waals surface area contributed by atoms with Gasteiger partial charge >= 0.3 is 0 Å². The van der Waals surface area contributed by atoms with Crippen LogP contribution in [0, 0.1) is 5.82 Å². The molecule has 25 heavy (non-hydrogen) atoms. The fraction of sp³-hybridized carbons (Fsp3) is 0.450. The second-order valence-electron chi connectivity index (χ2n) is 6.71. The zero-order valence-electron chi connectivity index (χ0n) is 14.6. The molecule has 0 radical (unpaired) electrons. The average molecular weight is 342 g/mol. The number of pyridine rings is 1. The summed E-state index contributed by atoms with van der Waals surface area (Å²) >= 11 is 0. The highest BCUT2D eigenvalue weighted by molar-refractivity contribution is 5.30. The van der Waals surface area contributed by atoms with Crippen molar-refractivity contribution >= 4 is 0 Å². The second kappa shape index (κ2) is 9.04. The molecule has 2 aromatic rings. The Morgan fingerprint density at radius 2 is 2.00 bits per heavy atom. The van der Waals surface area contributed by atoms with Crippen molar-refractivity contribution < 1.29 is 4.39 Å². The Kier molecular flexibility index (Phi) is 6.50. The molecular weight excluding hydrogens is 315 g/mol. The Morgan fingerprint density at radius 1 is 1.16 bits per heavy atom. The van der Waals surface area contributed by atoms with Crippen LogP contribution in [-0.2, 0) is 19.5 Å². The predicted molar refractivity (Wildman–Crippen MR) is 98.5 cm³/mol. The van der Waals surface area contributed by atoms with Crippen molar-refractivity contribution in [3.8, 4) is 0 Å². The largest absolute Gasteiger partial charge is 0.330 e. The molecule has 4 nitrogen and oxygen atoms in total. The summed E-state index contributed by atoms with van der Waals surface area (Å²) in [4.78, 5) is 6.51. The van der Waals surface area contributed by atoms with E-state index in [0.29, 0.717) is 24.8 Å². The summed E-state index contributed by atoms with van der Waals surface area (Å²) in [6, 6.07) is 12.1. The van der Waals surface area contributed by atoms with Gasteiger partial charge in [-0.1, -0.05) is 24.3 Å². The summed E-state index contributed by atoms with van der Waals surface area (Å²) in [5, 5.41) is 3.62. The number of hydrogen-bond donors (Lipinski definition) is 2. The molecule has 1 atom stereocenters. The molecule has 1 unspecified atom stereocenters. The Hall–Kier alpha value is -1.82. The topological polar surface area (TPSA) is 54.2 Å². The smallest absolute Gasteiger partial charge is 0.146 e. The summed E-state index contributed by atoms with van der Waals surface area (Å²) < 4.78 is 14.0. The highest BCUT2D eigenvalue weighted by Crippen LogP contribution is 2.18. The fourth-order valence-electron chi connectivity index (χ4n) is 3.42. The van der Waals surface area contributed by atoms with Gasteiger partial charge in [0.1, 0.15) is 5.82 Å². The monoisotopic (exact) mass is 342 g/mol. The van der Waals surface area contributed by atoms with Gasteiger partial charge in [-0.15, -0.1) is 0 Å². The molecule has 134 valence electrons. The highest BCUT2D eigenvalue weighted by Gasteiger charge is 2.21. The van der Waals surface area contributed by atoms with Crippen molar-refractivity contribution in [1.29, 1.82) is 0 Å². The van der Waals surface area contributed by atoms with Crippen LogP contribution >= 0.6 is 0 Å². The predicted octanol–water partition coefficient (Wildman–Crippen LogP) is 2.48. The van der Waals surface area contributed by atoms with Crippen LogP contribution in [0.1, 0.15) is 29.7 Å². The van der Waals surface area contributed by atoms with Crippen LogP contribution in [0.5, 0.6) is 0 Å². The van der Waals surface area contributed by atoms with Crippen molar-refractivity contribution in [1.82, 2.24) is 15.2 Å². The third-order valence-corrected chi connectivity index (χ3v) is 4.78. The van der Waals surface area contributed by atoms with Gasteiger partial charge < -0.3 is 11.1 Å². The van der Waals surface area contributed by atoms with Crippen LogP contribution in [0.15, 0.2) is 42.6 Å². The van der Waals surface area contributed by atoms with Crippen molar-refractivity contribution in [2.45, 2.75) is 38.4 Å². The summed E-state index contributed by atoms with van der Waals surface area (Å²) in [6.07, 6.45) is 4.68. The Labute approximate surface area is 149 Å². The van der Waals surface area contributed by atoms with Gasteiger partial charge in [-0.3, -0.25) is 9.88 Å². The van der Waals surface area contributed by atoms with Crippen LogP contribution in [0.2, 0.25) is 0 Å². The Balaban J connectivity index is 1.64. The lowest BCUT2D eigenvalue weighted by atomic mass is 9.95. The molecule has 0 fully saturated rings. The van der Waals surface area contributed by atoms with Crippen LogP contribution < -0.4 is 11.1 Å². The molecule has 1 aromatic carbocycles. The SMILES string of the molecule is NCCCCN(Cc1ncccc1F)CC1Cc2ccccc2CN1. The minimum absolute atomic E-state index is 0.228. The van der Waals surface area contributed by atoms with E-state index in [1.165, 1.54) is 17.2 Å². The lowest BCUT2D eigenvalue weighted by Crippen LogP contribution is -2.45. The summed E-state index contributed by atoms with van der Waals surface area (Å²) in [7, 11) is 0. The molecule has 0 aliphatic carbocycles. The molecule has 0 saturated heterocycles. The Morgan fingerprint density at radius 3 is 2.80 bits per heavy atom. The normalized spacial score (nSPS) is 16.8. The van der Waals surface area contributed by atoms with E-state index in [0.717, 1.165) is 38.9 Å². The van der Waals surface area contributed by atoms with Gasteiger partial charge in [0.15, 0.2) is 0 Å². The number of halogens is 1. The molecule has 1 aliphatic rings. The first-order chi connectivity index (χ1) is 12.3. The molecule has 0 saturated carbocycles. The van der Waals surface area contributed by atoms with E-state index < -0.39 is 0 Å². The number of nitrogens with one attached hydrogen (secondary N) is 1. The van der Waals surface area contributed by atoms with Gasteiger partial charge in [0.2, 0.25) is 0 Å². The maximum atomic E-state index is 14.0. The first-order valence-corrected chi connectivity index (χ1v) is 9.08. The summed E-state index contributed by atoms with van der Waals surface area (Å²) in [5.41, 5.74) is 8.94. The molecule has 1 aliphatic heterocycles. The first-order valence-electron chi connectivity index (χ1n) is 9.08. The molecule has 3 rings (SSSR count). The number of aromatic nitrogens is 1. The van der Waals surface area contributed by atoms with Crippen LogP contribution in [0.3, 0.4) is 0 Å². The number of nitrogens with two attached hydrogens (primary N) is 1. The minimum atomic E-state index is -0.228. The van der Waals surface area contributed by atoms with E-state index in [4.69, 9.17) is 5.73 Å². The molecular formula is C20H27FN4. The summed E-state index contributed by atoms with van der Waals surface area (Å²) in [5.74, 6) is -0.228. The van der Waals surface area contributed by atoms with E-state index >= 15 is 0 Å². The molecule has 0 bridgehead atoms. The number of hydrogen-bond acceptors (Lipinski definition) is 4. The lowest BCUT2D eigenvalue weighted by Gasteiger charge is -2.31. The third-order valence-electron chi connectivity index (χ3n) is 4.78. The highest BCUT2D eigenvalue weighted by atomic mass is 19.1. The maximum absolute atomic E-state index is 14.0. The standard InChI is InChI=1S/C20H27FN4/c21-19-8-5-10-23-20(19)15-25(11-4-3-9-22)14-18-12-16-6-1-2-7-17(16)13-24-18/h1-2,5-8,10,18,24H,3-4,9,11-15,22H2. The molecule has 0 spiro atoms. The first kappa shape index (κ1) is 18.0. The zero-order chi connectivity index (χ0) is 17.5. The number of benzene rings is 1. The second-order valence-corrected chi connectivity index (χ2v) is 6.71. The van der Waals surface area contributed by atoms with E-state index in [1.807, 2.05) is 0 Å². The number of nitrogens with zero attached hydrogens (tertiary/aromatic N) is 2. The van der Waals surface area contributed by atoms with E-state index in [1.54, 1.807) is 12.3 Å². The van der Waals surface area contributed by atoms with E-state index in [2.05, 4.69) is 39.5 Å². The zero-order valence-corrected chi connectivity index (χ0v) is 14.6. The van der Waals surface area contributed by atoms with Gasteiger partial charge in [0.25, 0.3) is 0 Å². The molecule has 3 N–H and O–H groups in total. The fourth-order valence-corrected chi connectivity index (χ4v) is 3.42. The van der Waals surface area contributed by atoms with Gasteiger partial charge in [-0.2, -0.15) is 0 Å². The molecule has 0 amide bonds.